The summed E-state index contributed by atoms with van der Waals surface area (Å²) in [5.41, 5.74) is 7.10. The lowest BCUT2D eigenvalue weighted by molar-refractivity contribution is 0.652. The van der Waals surface area contributed by atoms with E-state index >= 15 is 0 Å². The molecular formula is C9H14N4. The number of nitrogen functional groups attached to an aromatic ring is 1. The summed E-state index contributed by atoms with van der Waals surface area (Å²) in [6.45, 7) is 4.73. The Balaban J connectivity index is 3.13. The highest BCUT2D eigenvalue weighted by atomic mass is 15.3. The number of nitrogens with zero attached hydrogens (tertiary/aromatic N) is 3. The average molecular weight is 178 g/mol. The zero-order chi connectivity index (χ0) is 9.84. The third-order valence-electron chi connectivity index (χ3n) is 1.96. The molecule has 2 N–H and O–H groups in total. The van der Waals surface area contributed by atoms with Crippen LogP contribution in [0.4, 0.5) is 5.82 Å². The Kier molecular flexibility index (Phi) is 2.91. The standard InChI is InChI=1S/C9H14N4/c1-3-5-8-7(6-10)9(11)13(4-2)12-8/h3-5,11H2,1-2H3. The van der Waals surface area contributed by atoms with Gasteiger partial charge in [0.05, 0.1) is 5.69 Å². The predicted octanol–water partition coefficient (Wildman–Crippen LogP) is 1.31. The summed E-state index contributed by atoms with van der Waals surface area (Å²) in [4.78, 5) is 0. The number of hydrogen-bond acceptors (Lipinski definition) is 3. The first-order chi connectivity index (χ1) is 6.24. The van der Waals surface area contributed by atoms with Gasteiger partial charge >= 0.3 is 0 Å². The minimum atomic E-state index is 0.494. The number of aromatic nitrogens is 2. The van der Waals surface area contributed by atoms with Crippen molar-refractivity contribution >= 4 is 5.82 Å². The van der Waals surface area contributed by atoms with Crippen LogP contribution in [-0.2, 0) is 13.0 Å². The van der Waals surface area contributed by atoms with Gasteiger partial charge in [0.15, 0.2) is 0 Å². The molecule has 0 atom stereocenters. The van der Waals surface area contributed by atoms with Gasteiger partial charge in [-0.1, -0.05) is 13.3 Å². The van der Waals surface area contributed by atoms with Gasteiger partial charge in [-0.25, -0.2) is 4.68 Å². The largest absolute Gasteiger partial charge is 0.383 e. The first-order valence-electron chi connectivity index (χ1n) is 4.49. The van der Waals surface area contributed by atoms with Gasteiger partial charge in [0.1, 0.15) is 17.5 Å². The topological polar surface area (TPSA) is 67.6 Å². The van der Waals surface area contributed by atoms with Gasteiger partial charge in [0.2, 0.25) is 0 Å². The Morgan fingerprint density at radius 1 is 1.54 bits per heavy atom. The highest BCUT2D eigenvalue weighted by Crippen LogP contribution is 2.16. The molecule has 0 aliphatic carbocycles. The second-order valence-corrected chi connectivity index (χ2v) is 2.88. The maximum atomic E-state index is 8.85. The van der Waals surface area contributed by atoms with Crippen molar-refractivity contribution in [2.75, 3.05) is 5.73 Å². The van der Waals surface area contributed by atoms with Crippen LogP contribution in [0.1, 0.15) is 31.5 Å². The fraction of sp³-hybridized carbons (Fsp3) is 0.556. The van der Waals surface area contributed by atoms with Crippen LogP contribution in [0.25, 0.3) is 0 Å². The van der Waals surface area contributed by atoms with E-state index < -0.39 is 0 Å². The molecule has 1 aromatic heterocycles. The molecule has 0 saturated carbocycles. The lowest BCUT2D eigenvalue weighted by Crippen LogP contribution is -2.02. The molecule has 0 aliphatic rings. The van der Waals surface area contributed by atoms with E-state index in [4.69, 9.17) is 11.0 Å². The first-order valence-corrected chi connectivity index (χ1v) is 4.49. The maximum absolute atomic E-state index is 8.85. The Hall–Kier alpha value is -1.50. The van der Waals surface area contributed by atoms with Crippen LogP contribution in [0, 0.1) is 11.3 Å². The molecule has 0 bridgehead atoms. The molecule has 4 nitrogen and oxygen atoms in total. The van der Waals surface area contributed by atoms with Gasteiger partial charge in [-0.2, -0.15) is 10.4 Å². The fourth-order valence-electron chi connectivity index (χ4n) is 1.30. The zero-order valence-corrected chi connectivity index (χ0v) is 8.04. The minimum Gasteiger partial charge on any atom is -0.383 e. The molecule has 0 aromatic carbocycles. The van der Waals surface area contributed by atoms with Crippen LogP contribution < -0.4 is 5.73 Å². The average Bonchev–Trinajstić information content (AvgIpc) is 2.43. The maximum Gasteiger partial charge on any atom is 0.140 e. The van der Waals surface area contributed by atoms with Crippen molar-refractivity contribution < 1.29 is 0 Å². The summed E-state index contributed by atoms with van der Waals surface area (Å²) in [5, 5.41) is 13.1. The van der Waals surface area contributed by atoms with Gasteiger partial charge in [0.25, 0.3) is 0 Å². The van der Waals surface area contributed by atoms with E-state index in [1.807, 2.05) is 6.92 Å². The molecule has 1 rings (SSSR count). The quantitative estimate of drug-likeness (QED) is 0.758. The van der Waals surface area contributed by atoms with Gasteiger partial charge in [0, 0.05) is 6.54 Å². The van der Waals surface area contributed by atoms with E-state index in [0.29, 0.717) is 17.9 Å². The normalized spacial score (nSPS) is 9.92. The first kappa shape index (κ1) is 9.59. The van der Waals surface area contributed by atoms with Crippen LogP contribution >= 0.6 is 0 Å². The Bertz CT molecular complexity index is 332. The van der Waals surface area contributed by atoms with E-state index in [0.717, 1.165) is 18.5 Å². The molecule has 0 spiro atoms. The molecular weight excluding hydrogens is 164 g/mol. The summed E-state index contributed by atoms with van der Waals surface area (Å²) < 4.78 is 1.67. The van der Waals surface area contributed by atoms with E-state index in [1.165, 1.54) is 0 Å². The van der Waals surface area contributed by atoms with Gasteiger partial charge in [-0.05, 0) is 13.3 Å². The summed E-state index contributed by atoms with van der Waals surface area (Å²) >= 11 is 0. The summed E-state index contributed by atoms with van der Waals surface area (Å²) in [5.74, 6) is 0.494. The van der Waals surface area contributed by atoms with Crippen molar-refractivity contribution in [3.05, 3.63) is 11.3 Å². The molecule has 0 fully saturated rings. The Morgan fingerprint density at radius 3 is 2.69 bits per heavy atom. The van der Waals surface area contributed by atoms with E-state index in [1.54, 1.807) is 4.68 Å². The fourth-order valence-corrected chi connectivity index (χ4v) is 1.30. The number of rotatable bonds is 3. The molecule has 1 aromatic rings. The molecule has 0 aliphatic heterocycles. The highest BCUT2D eigenvalue weighted by molar-refractivity contribution is 5.52. The number of hydrogen-bond donors (Lipinski definition) is 1. The molecule has 70 valence electrons. The van der Waals surface area contributed by atoms with Crippen LogP contribution in [0.2, 0.25) is 0 Å². The third kappa shape index (κ3) is 1.64. The predicted molar refractivity (Wildman–Crippen MR) is 51.0 cm³/mol. The molecule has 4 heteroatoms. The van der Waals surface area contributed by atoms with E-state index in [9.17, 15) is 0 Å². The van der Waals surface area contributed by atoms with Crippen molar-refractivity contribution in [1.82, 2.24) is 9.78 Å². The van der Waals surface area contributed by atoms with Crippen LogP contribution in [-0.4, -0.2) is 9.78 Å². The van der Waals surface area contributed by atoms with Crippen LogP contribution in [0.5, 0.6) is 0 Å². The molecule has 0 saturated heterocycles. The van der Waals surface area contributed by atoms with Crippen LogP contribution in [0.3, 0.4) is 0 Å². The number of anilines is 1. The second-order valence-electron chi connectivity index (χ2n) is 2.88. The molecule has 1 heterocycles. The molecule has 13 heavy (non-hydrogen) atoms. The van der Waals surface area contributed by atoms with E-state index in [-0.39, 0.29) is 0 Å². The van der Waals surface area contributed by atoms with Crippen molar-refractivity contribution in [3.8, 4) is 6.07 Å². The molecule has 0 unspecified atom stereocenters. The van der Waals surface area contributed by atoms with Crippen molar-refractivity contribution in [1.29, 1.82) is 5.26 Å². The smallest absolute Gasteiger partial charge is 0.140 e. The monoisotopic (exact) mass is 178 g/mol. The SMILES string of the molecule is CCCc1nn(CC)c(N)c1C#N. The zero-order valence-electron chi connectivity index (χ0n) is 8.04. The van der Waals surface area contributed by atoms with Gasteiger partial charge < -0.3 is 5.73 Å². The molecule has 0 amide bonds. The minimum absolute atomic E-state index is 0.494. The highest BCUT2D eigenvalue weighted by Gasteiger charge is 2.12. The van der Waals surface area contributed by atoms with Crippen LogP contribution in [0.15, 0.2) is 0 Å². The third-order valence-corrected chi connectivity index (χ3v) is 1.96. The van der Waals surface area contributed by atoms with Crippen molar-refractivity contribution in [2.45, 2.75) is 33.2 Å². The lowest BCUT2D eigenvalue weighted by atomic mass is 10.2. The second kappa shape index (κ2) is 3.94. The summed E-state index contributed by atoms with van der Waals surface area (Å²) in [7, 11) is 0. The lowest BCUT2D eigenvalue weighted by Gasteiger charge is -1.95. The number of nitrogens with two attached hydrogens (primary N) is 1. The van der Waals surface area contributed by atoms with Crippen molar-refractivity contribution in [2.24, 2.45) is 0 Å². The number of nitriles is 1. The van der Waals surface area contributed by atoms with E-state index in [2.05, 4.69) is 18.1 Å². The summed E-state index contributed by atoms with van der Waals surface area (Å²) in [6, 6.07) is 2.10. The van der Waals surface area contributed by atoms with Gasteiger partial charge in [-0.15, -0.1) is 0 Å². The van der Waals surface area contributed by atoms with Gasteiger partial charge in [-0.3, -0.25) is 0 Å². The van der Waals surface area contributed by atoms with Crippen molar-refractivity contribution in [3.63, 3.8) is 0 Å². The summed E-state index contributed by atoms with van der Waals surface area (Å²) in [6.07, 6.45) is 1.80. The Labute approximate surface area is 78.0 Å². The Morgan fingerprint density at radius 2 is 2.23 bits per heavy atom. The molecule has 0 radical (unpaired) electrons. The number of aryl methyl sites for hydroxylation is 2.